The molecule has 0 spiro atoms. The van der Waals surface area contributed by atoms with Gasteiger partial charge in [0.2, 0.25) is 0 Å². The highest BCUT2D eigenvalue weighted by Gasteiger charge is 2.37. The number of nitrogens with one attached hydrogen (secondary N) is 1. The van der Waals surface area contributed by atoms with Crippen LogP contribution in [0.1, 0.15) is 46.2 Å². The molecule has 20 heavy (non-hydrogen) atoms. The van der Waals surface area contributed by atoms with Crippen LogP contribution in [0, 0.1) is 5.92 Å². The summed E-state index contributed by atoms with van der Waals surface area (Å²) in [5.41, 5.74) is 1.46. The standard InChI is InChI=1S/C17H29N3/c1-5-17(6-2)13-20(16(11-19-17)14(3)4)12-15-9-7-8-10-18-15/h7-10,14,16,19H,5-6,11-13H2,1-4H3. The fourth-order valence-corrected chi connectivity index (χ4v) is 3.27. The van der Waals surface area contributed by atoms with Crippen LogP contribution in [-0.2, 0) is 6.54 Å². The van der Waals surface area contributed by atoms with Gasteiger partial charge in [-0.1, -0.05) is 33.8 Å². The van der Waals surface area contributed by atoms with E-state index in [0.29, 0.717) is 12.0 Å². The van der Waals surface area contributed by atoms with E-state index in [0.717, 1.165) is 19.6 Å². The first kappa shape index (κ1) is 15.5. The van der Waals surface area contributed by atoms with Crippen molar-refractivity contribution in [2.45, 2.75) is 58.7 Å². The maximum atomic E-state index is 4.50. The molecule has 1 saturated heterocycles. The van der Waals surface area contributed by atoms with Gasteiger partial charge in [-0.25, -0.2) is 0 Å². The second kappa shape index (κ2) is 6.68. The first-order valence-corrected chi connectivity index (χ1v) is 7.99. The number of hydrogen-bond donors (Lipinski definition) is 1. The molecule has 1 aliphatic heterocycles. The Morgan fingerprint density at radius 1 is 1.35 bits per heavy atom. The summed E-state index contributed by atoms with van der Waals surface area (Å²) in [4.78, 5) is 7.14. The molecule has 1 unspecified atom stereocenters. The van der Waals surface area contributed by atoms with Crippen molar-refractivity contribution in [1.29, 1.82) is 0 Å². The summed E-state index contributed by atoms with van der Waals surface area (Å²) >= 11 is 0. The van der Waals surface area contributed by atoms with E-state index in [2.05, 4.69) is 55.0 Å². The van der Waals surface area contributed by atoms with Crippen molar-refractivity contribution in [3.05, 3.63) is 30.1 Å². The summed E-state index contributed by atoms with van der Waals surface area (Å²) in [7, 11) is 0. The number of aromatic nitrogens is 1. The molecule has 112 valence electrons. The molecule has 2 rings (SSSR count). The lowest BCUT2D eigenvalue weighted by atomic mass is 9.86. The Labute approximate surface area is 123 Å². The zero-order valence-corrected chi connectivity index (χ0v) is 13.4. The van der Waals surface area contributed by atoms with Crippen LogP contribution in [0.15, 0.2) is 24.4 Å². The molecule has 0 saturated carbocycles. The van der Waals surface area contributed by atoms with Gasteiger partial charge in [0.05, 0.1) is 5.69 Å². The van der Waals surface area contributed by atoms with Crippen molar-refractivity contribution in [1.82, 2.24) is 15.2 Å². The maximum Gasteiger partial charge on any atom is 0.0544 e. The van der Waals surface area contributed by atoms with Gasteiger partial charge in [-0.3, -0.25) is 9.88 Å². The molecular formula is C17H29N3. The summed E-state index contributed by atoms with van der Waals surface area (Å²) in [6, 6.07) is 6.81. The summed E-state index contributed by atoms with van der Waals surface area (Å²) < 4.78 is 0. The first-order valence-electron chi connectivity index (χ1n) is 7.99. The monoisotopic (exact) mass is 275 g/mol. The van der Waals surface area contributed by atoms with Gasteiger partial charge in [-0.15, -0.1) is 0 Å². The SMILES string of the molecule is CCC1(CC)CN(Cc2ccccn2)C(C(C)C)CN1. The van der Waals surface area contributed by atoms with Crippen LogP contribution in [0.2, 0.25) is 0 Å². The molecule has 3 heteroatoms. The average Bonchev–Trinajstić information content (AvgIpc) is 2.48. The number of nitrogens with zero attached hydrogens (tertiary/aromatic N) is 2. The van der Waals surface area contributed by atoms with Gasteiger partial charge in [0, 0.05) is 37.4 Å². The lowest BCUT2D eigenvalue weighted by Crippen LogP contribution is -2.64. The Bertz CT molecular complexity index is 398. The summed E-state index contributed by atoms with van der Waals surface area (Å²) in [6.07, 6.45) is 4.27. The smallest absolute Gasteiger partial charge is 0.0544 e. The largest absolute Gasteiger partial charge is 0.308 e. The lowest BCUT2D eigenvalue weighted by molar-refractivity contribution is 0.0434. The van der Waals surface area contributed by atoms with E-state index < -0.39 is 0 Å². The third-order valence-corrected chi connectivity index (χ3v) is 4.88. The molecule has 0 aromatic carbocycles. The highest BCUT2D eigenvalue weighted by atomic mass is 15.3. The van der Waals surface area contributed by atoms with E-state index in [1.807, 2.05) is 12.3 Å². The number of rotatable bonds is 5. The molecule has 3 nitrogen and oxygen atoms in total. The molecule has 0 amide bonds. The first-order chi connectivity index (χ1) is 9.60. The summed E-state index contributed by atoms with van der Waals surface area (Å²) in [5, 5.41) is 3.82. The molecule has 1 aromatic rings. The van der Waals surface area contributed by atoms with E-state index in [1.165, 1.54) is 18.5 Å². The summed E-state index contributed by atoms with van der Waals surface area (Å²) in [6.45, 7) is 12.4. The zero-order chi connectivity index (χ0) is 14.6. The van der Waals surface area contributed by atoms with Crippen molar-refractivity contribution >= 4 is 0 Å². The molecule has 0 radical (unpaired) electrons. The molecular weight excluding hydrogens is 246 g/mol. The van der Waals surface area contributed by atoms with Crippen LogP contribution in [0.25, 0.3) is 0 Å². The zero-order valence-electron chi connectivity index (χ0n) is 13.4. The minimum atomic E-state index is 0.278. The maximum absolute atomic E-state index is 4.50. The minimum Gasteiger partial charge on any atom is -0.308 e. The molecule has 0 bridgehead atoms. The third-order valence-electron chi connectivity index (χ3n) is 4.88. The highest BCUT2D eigenvalue weighted by molar-refractivity contribution is 5.06. The van der Waals surface area contributed by atoms with Crippen LogP contribution in [0.4, 0.5) is 0 Å². The topological polar surface area (TPSA) is 28.2 Å². The van der Waals surface area contributed by atoms with Gasteiger partial charge in [0.25, 0.3) is 0 Å². The van der Waals surface area contributed by atoms with Crippen LogP contribution in [0.3, 0.4) is 0 Å². The lowest BCUT2D eigenvalue weighted by Gasteiger charge is -2.48. The van der Waals surface area contributed by atoms with Crippen LogP contribution >= 0.6 is 0 Å². The third kappa shape index (κ3) is 3.39. The molecule has 1 aliphatic rings. The van der Waals surface area contributed by atoms with Crippen molar-refractivity contribution in [2.75, 3.05) is 13.1 Å². The van der Waals surface area contributed by atoms with Crippen molar-refractivity contribution in [2.24, 2.45) is 5.92 Å². The van der Waals surface area contributed by atoms with Crippen molar-refractivity contribution < 1.29 is 0 Å². The van der Waals surface area contributed by atoms with E-state index in [9.17, 15) is 0 Å². The molecule has 1 N–H and O–H groups in total. The van der Waals surface area contributed by atoms with Crippen molar-refractivity contribution in [3.63, 3.8) is 0 Å². The van der Waals surface area contributed by atoms with E-state index in [1.54, 1.807) is 0 Å². The molecule has 2 heterocycles. The van der Waals surface area contributed by atoms with Gasteiger partial charge in [0.15, 0.2) is 0 Å². The average molecular weight is 275 g/mol. The molecule has 0 aliphatic carbocycles. The summed E-state index contributed by atoms with van der Waals surface area (Å²) in [5.74, 6) is 0.665. The quantitative estimate of drug-likeness (QED) is 0.895. The number of piperazine rings is 1. The Morgan fingerprint density at radius 3 is 2.65 bits per heavy atom. The second-order valence-electron chi connectivity index (χ2n) is 6.41. The predicted molar refractivity (Wildman–Crippen MR) is 84.6 cm³/mol. The van der Waals surface area contributed by atoms with Gasteiger partial charge in [-0.05, 0) is 30.9 Å². The van der Waals surface area contributed by atoms with Crippen LogP contribution in [-0.4, -0.2) is 34.6 Å². The Hall–Kier alpha value is -0.930. The molecule has 1 fully saturated rings. The Kier molecular flexibility index (Phi) is 5.17. The molecule has 1 atom stereocenters. The van der Waals surface area contributed by atoms with E-state index >= 15 is 0 Å². The van der Waals surface area contributed by atoms with Crippen LogP contribution < -0.4 is 5.32 Å². The Morgan fingerprint density at radius 2 is 2.10 bits per heavy atom. The van der Waals surface area contributed by atoms with Gasteiger partial charge in [0.1, 0.15) is 0 Å². The van der Waals surface area contributed by atoms with Gasteiger partial charge >= 0.3 is 0 Å². The van der Waals surface area contributed by atoms with E-state index in [-0.39, 0.29) is 5.54 Å². The van der Waals surface area contributed by atoms with E-state index in [4.69, 9.17) is 0 Å². The molecule has 1 aromatic heterocycles. The van der Waals surface area contributed by atoms with Crippen molar-refractivity contribution in [3.8, 4) is 0 Å². The van der Waals surface area contributed by atoms with Gasteiger partial charge in [-0.2, -0.15) is 0 Å². The highest BCUT2D eigenvalue weighted by Crippen LogP contribution is 2.26. The predicted octanol–water partition coefficient (Wildman–Crippen LogP) is 3.07. The number of hydrogen-bond acceptors (Lipinski definition) is 3. The normalized spacial score (nSPS) is 23.1. The minimum absolute atomic E-state index is 0.278. The number of pyridine rings is 1. The Balaban J connectivity index is 2.15. The van der Waals surface area contributed by atoms with Gasteiger partial charge < -0.3 is 5.32 Å². The fraction of sp³-hybridized carbons (Fsp3) is 0.706. The second-order valence-corrected chi connectivity index (χ2v) is 6.41. The fourth-order valence-electron chi connectivity index (χ4n) is 3.27. The van der Waals surface area contributed by atoms with Crippen LogP contribution in [0.5, 0.6) is 0 Å².